The Kier molecular flexibility index (Phi) is 5.48. The van der Waals surface area contributed by atoms with Crippen LogP contribution in [0.1, 0.15) is 32.6 Å². The van der Waals surface area contributed by atoms with Gasteiger partial charge in [-0.2, -0.15) is 13.2 Å². The van der Waals surface area contributed by atoms with Gasteiger partial charge in [-0.15, -0.1) is 0 Å². The maximum Gasteiger partial charge on any atom is 0.411 e. The maximum atomic E-state index is 12.2. The molecule has 1 amide bonds. The first kappa shape index (κ1) is 16.5. The lowest BCUT2D eigenvalue weighted by Gasteiger charge is -2.38. The number of likely N-dealkylation sites (tertiary alicyclic amines) is 2. The van der Waals surface area contributed by atoms with Crippen molar-refractivity contribution in [2.75, 3.05) is 32.8 Å². The summed E-state index contributed by atoms with van der Waals surface area (Å²) in [5.41, 5.74) is 0. The largest absolute Gasteiger partial charge is 0.411 e. The summed E-state index contributed by atoms with van der Waals surface area (Å²) in [6.45, 7) is 3.37. The highest BCUT2D eigenvalue weighted by Gasteiger charge is 2.34. The van der Waals surface area contributed by atoms with Gasteiger partial charge in [-0.25, -0.2) is 0 Å². The van der Waals surface area contributed by atoms with Gasteiger partial charge < -0.3 is 9.64 Å². The van der Waals surface area contributed by atoms with Gasteiger partial charge in [0.25, 0.3) is 5.91 Å². The van der Waals surface area contributed by atoms with Crippen molar-refractivity contribution in [3.8, 4) is 0 Å². The van der Waals surface area contributed by atoms with Gasteiger partial charge >= 0.3 is 6.18 Å². The Labute approximate surface area is 123 Å². The zero-order chi connectivity index (χ0) is 15.5. The van der Waals surface area contributed by atoms with E-state index in [4.69, 9.17) is 0 Å². The summed E-state index contributed by atoms with van der Waals surface area (Å²) in [5, 5.41) is 0. The Balaban J connectivity index is 1.83. The molecule has 7 heteroatoms. The Morgan fingerprint density at radius 1 is 1.24 bits per heavy atom. The molecule has 2 aliphatic rings. The lowest BCUT2D eigenvalue weighted by atomic mass is 10.0. The van der Waals surface area contributed by atoms with Crippen molar-refractivity contribution in [3.05, 3.63) is 0 Å². The number of amides is 1. The molecule has 0 bridgehead atoms. The minimum Gasteiger partial charge on any atom is -0.359 e. The van der Waals surface area contributed by atoms with E-state index in [1.165, 1.54) is 19.8 Å². The molecule has 2 saturated heterocycles. The zero-order valence-corrected chi connectivity index (χ0v) is 12.4. The molecule has 0 aromatic rings. The van der Waals surface area contributed by atoms with Crippen molar-refractivity contribution < 1.29 is 22.7 Å². The highest BCUT2D eigenvalue weighted by atomic mass is 19.4. The van der Waals surface area contributed by atoms with Crippen LogP contribution in [-0.2, 0) is 9.53 Å². The molecule has 2 unspecified atom stereocenters. The average molecular weight is 308 g/mol. The van der Waals surface area contributed by atoms with Crippen molar-refractivity contribution in [1.82, 2.24) is 9.80 Å². The van der Waals surface area contributed by atoms with Crippen molar-refractivity contribution in [2.45, 2.75) is 50.9 Å². The summed E-state index contributed by atoms with van der Waals surface area (Å²) in [7, 11) is 0. The fraction of sp³-hybridized carbons (Fsp3) is 0.929. The molecule has 2 fully saturated rings. The quantitative estimate of drug-likeness (QED) is 0.797. The normalized spacial score (nSPS) is 26.1. The molecule has 122 valence electrons. The van der Waals surface area contributed by atoms with Gasteiger partial charge in [0.1, 0.15) is 12.7 Å². The van der Waals surface area contributed by atoms with Crippen LogP contribution < -0.4 is 0 Å². The molecular formula is C14H23F3N2O2. The first-order chi connectivity index (χ1) is 9.87. The zero-order valence-electron chi connectivity index (χ0n) is 12.4. The van der Waals surface area contributed by atoms with Crippen LogP contribution in [0.15, 0.2) is 0 Å². The first-order valence-corrected chi connectivity index (χ1v) is 7.58. The number of piperidine rings is 1. The SMILES string of the molecule is CC(OCC(F)(F)F)C(=O)N1CCCC(N2CCCC2)C1. The van der Waals surface area contributed by atoms with Crippen molar-refractivity contribution >= 4 is 5.91 Å². The number of ether oxygens (including phenoxy) is 1. The topological polar surface area (TPSA) is 32.8 Å². The van der Waals surface area contributed by atoms with Crippen LogP contribution >= 0.6 is 0 Å². The lowest BCUT2D eigenvalue weighted by Crippen LogP contribution is -2.51. The van der Waals surface area contributed by atoms with E-state index in [1.54, 1.807) is 4.90 Å². The van der Waals surface area contributed by atoms with E-state index < -0.39 is 18.9 Å². The molecular weight excluding hydrogens is 285 g/mol. The summed E-state index contributed by atoms with van der Waals surface area (Å²) in [6, 6.07) is 0.347. The highest BCUT2D eigenvalue weighted by Crippen LogP contribution is 2.22. The molecule has 2 aliphatic heterocycles. The molecule has 2 rings (SSSR count). The third-order valence-corrected chi connectivity index (χ3v) is 4.21. The van der Waals surface area contributed by atoms with Gasteiger partial charge in [-0.05, 0) is 45.7 Å². The van der Waals surface area contributed by atoms with Crippen molar-refractivity contribution in [3.63, 3.8) is 0 Å². The number of rotatable bonds is 4. The standard InChI is InChI=1S/C14H23F3N2O2/c1-11(21-10-14(15,16)17)13(20)19-8-4-5-12(9-19)18-6-2-3-7-18/h11-12H,2-10H2,1H3. The molecule has 0 aliphatic carbocycles. The van der Waals surface area contributed by atoms with Gasteiger partial charge in [0, 0.05) is 19.1 Å². The molecule has 0 aromatic carbocycles. The van der Waals surface area contributed by atoms with Crippen molar-refractivity contribution in [2.24, 2.45) is 0 Å². The van der Waals surface area contributed by atoms with Crippen LogP contribution in [0.4, 0.5) is 13.2 Å². The molecule has 4 nitrogen and oxygen atoms in total. The summed E-state index contributed by atoms with van der Waals surface area (Å²) in [5.74, 6) is -0.330. The number of hydrogen-bond donors (Lipinski definition) is 0. The van der Waals surface area contributed by atoms with Crippen molar-refractivity contribution in [1.29, 1.82) is 0 Å². The van der Waals surface area contributed by atoms with E-state index in [-0.39, 0.29) is 5.91 Å². The molecule has 2 atom stereocenters. The van der Waals surface area contributed by atoms with Crippen LogP contribution in [0, 0.1) is 0 Å². The molecule has 0 spiro atoms. The van der Waals surface area contributed by atoms with Crippen LogP contribution in [-0.4, -0.2) is 66.8 Å². The van der Waals surface area contributed by atoms with Gasteiger partial charge in [0.2, 0.25) is 0 Å². The minimum atomic E-state index is -4.39. The molecule has 0 aromatic heterocycles. The van der Waals surface area contributed by atoms with Crippen LogP contribution in [0.5, 0.6) is 0 Å². The fourth-order valence-electron chi connectivity index (χ4n) is 3.11. The van der Waals surface area contributed by atoms with Crippen LogP contribution in [0.2, 0.25) is 0 Å². The number of nitrogens with zero attached hydrogens (tertiary/aromatic N) is 2. The number of hydrogen-bond acceptors (Lipinski definition) is 3. The number of carbonyl (C=O) groups excluding carboxylic acids is 1. The average Bonchev–Trinajstić information content (AvgIpc) is 2.97. The Morgan fingerprint density at radius 2 is 1.90 bits per heavy atom. The highest BCUT2D eigenvalue weighted by molar-refractivity contribution is 5.80. The summed E-state index contributed by atoms with van der Waals surface area (Å²) >= 11 is 0. The van der Waals surface area contributed by atoms with E-state index in [9.17, 15) is 18.0 Å². The van der Waals surface area contributed by atoms with Crippen LogP contribution in [0.25, 0.3) is 0 Å². The Bertz CT molecular complexity index is 357. The first-order valence-electron chi connectivity index (χ1n) is 7.58. The summed E-state index contributed by atoms with van der Waals surface area (Å²) in [4.78, 5) is 16.2. The number of halogens is 3. The Hall–Kier alpha value is -0.820. The van der Waals surface area contributed by atoms with E-state index in [2.05, 4.69) is 9.64 Å². The van der Waals surface area contributed by atoms with Gasteiger partial charge in [-0.3, -0.25) is 9.69 Å². The number of alkyl halides is 3. The Morgan fingerprint density at radius 3 is 2.52 bits per heavy atom. The third kappa shape index (κ3) is 4.85. The third-order valence-electron chi connectivity index (χ3n) is 4.21. The van der Waals surface area contributed by atoms with Gasteiger partial charge in [0.05, 0.1) is 0 Å². The molecule has 2 heterocycles. The number of carbonyl (C=O) groups is 1. The molecule has 0 radical (unpaired) electrons. The second kappa shape index (κ2) is 6.96. The molecule has 0 N–H and O–H groups in total. The van der Waals surface area contributed by atoms with Gasteiger partial charge in [-0.1, -0.05) is 0 Å². The second-order valence-electron chi connectivity index (χ2n) is 5.89. The fourth-order valence-corrected chi connectivity index (χ4v) is 3.11. The van der Waals surface area contributed by atoms with E-state index in [0.717, 1.165) is 25.9 Å². The molecule has 21 heavy (non-hydrogen) atoms. The second-order valence-corrected chi connectivity index (χ2v) is 5.89. The monoisotopic (exact) mass is 308 g/mol. The lowest BCUT2D eigenvalue weighted by molar-refractivity contribution is -0.189. The minimum absolute atomic E-state index is 0.330. The smallest absolute Gasteiger partial charge is 0.359 e. The molecule has 0 saturated carbocycles. The predicted octanol–water partition coefficient (Wildman–Crippen LogP) is 2.04. The van der Waals surface area contributed by atoms with E-state index >= 15 is 0 Å². The summed E-state index contributed by atoms with van der Waals surface area (Å²) < 4.78 is 41.0. The van der Waals surface area contributed by atoms with E-state index in [0.29, 0.717) is 19.1 Å². The van der Waals surface area contributed by atoms with Gasteiger partial charge in [0.15, 0.2) is 0 Å². The maximum absolute atomic E-state index is 12.2. The predicted molar refractivity (Wildman–Crippen MR) is 71.9 cm³/mol. The van der Waals surface area contributed by atoms with E-state index in [1.807, 2.05) is 0 Å². The summed E-state index contributed by atoms with van der Waals surface area (Å²) in [6.07, 6.45) is -1.09. The van der Waals surface area contributed by atoms with Crippen LogP contribution in [0.3, 0.4) is 0 Å².